The van der Waals surface area contributed by atoms with Crippen molar-refractivity contribution in [3.05, 3.63) is 34.8 Å². The number of aromatic amines is 1. The lowest BCUT2D eigenvalue weighted by Crippen LogP contribution is -2.36. The summed E-state index contributed by atoms with van der Waals surface area (Å²) in [6.45, 7) is 4.26. The van der Waals surface area contributed by atoms with Gasteiger partial charge in [-0.2, -0.15) is 0 Å². The Morgan fingerprint density at radius 1 is 1.52 bits per heavy atom. The SMILES string of the molecule is Cc1c(CNC(c2cnc[nH]2)C2CCNCC2)no[n+]1[O-]. The second-order valence-corrected chi connectivity index (χ2v) is 5.42. The van der Waals surface area contributed by atoms with Gasteiger partial charge in [-0.15, -0.1) is 0 Å². The molecule has 0 spiro atoms. The van der Waals surface area contributed by atoms with Gasteiger partial charge in [0.1, 0.15) is 0 Å². The average Bonchev–Trinajstić information content (AvgIpc) is 3.14. The summed E-state index contributed by atoms with van der Waals surface area (Å²) < 4.78 is 4.60. The molecular weight excluding hydrogens is 272 g/mol. The molecule has 2 aromatic rings. The molecule has 21 heavy (non-hydrogen) atoms. The first-order valence-corrected chi connectivity index (χ1v) is 7.23. The van der Waals surface area contributed by atoms with E-state index in [-0.39, 0.29) is 6.04 Å². The molecule has 3 rings (SSSR count). The third-order valence-corrected chi connectivity index (χ3v) is 4.12. The Hall–Kier alpha value is -1.93. The van der Waals surface area contributed by atoms with Crippen LogP contribution in [-0.2, 0) is 6.54 Å². The number of piperidine rings is 1. The third kappa shape index (κ3) is 3.06. The molecule has 8 nitrogen and oxygen atoms in total. The van der Waals surface area contributed by atoms with Crippen molar-refractivity contribution < 1.29 is 9.53 Å². The van der Waals surface area contributed by atoms with Crippen LogP contribution < -0.4 is 15.5 Å². The minimum Gasteiger partial charge on any atom is -0.359 e. The fourth-order valence-electron chi connectivity index (χ4n) is 2.83. The first kappa shape index (κ1) is 14.0. The van der Waals surface area contributed by atoms with Gasteiger partial charge in [-0.05, 0) is 36.8 Å². The predicted molar refractivity (Wildman–Crippen MR) is 74.0 cm³/mol. The van der Waals surface area contributed by atoms with E-state index in [4.69, 9.17) is 0 Å². The standard InChI is InChI=1S/C13H20N6O2/c1-9-11(18-21-19(9)20)7-16-13(12-6-15-8-17-12)10-2-4-14-5-3-10/h6,8,10,13-14,16H,2-5,7H2,1H3,(H,15,17). The van der Waals surface area contributed by atoms with Crippen molar-refractivity contribution in [3.63, 3.8) is 0 Å². The van der Waals surface area contributed by atoms with Crippen molar-refractivity contribution in [3.8, 4) is 0 Å². The highest BCUT2D eigenvalue weighted by Crippen LogP contribution is 2.27. The van der Waals surface area contributed by atoms with Crippen LogP contribution in [0.2, 0.25) is 0 Å². The molecular formula is C13H20N6O2. The lowest BCUT2D eigenvalue weighted by Gasteiger charge is -2.30. The molecule has 3 N–H and O–H groups in total. The van der Waals surface area contributed by atoms with Crippen LogP contribution >= 0.6 is 0 Å². The van der Waals surface area contributed by atoms with E-state index in [0.29, 0.717) is 28.8 Å². The number of H-pyrrole nitrogens is 1. The van der Waals surface area contributed by atoms with E-state index >= 15 is 0 Å². The van der Waals surface area contributed by atoms with E-state index in [1.165, 1.54) is 0 Å². The maximum absolute atomic E-state index is 11.3. The Morgan fingerprint density at radius 2 is 2.33 bits per heavy atom. The van der Waals surface area contributed by atoms with Crippen molar-refractivity contribution >= 4 is 0 Å². The Bertz CT molecular complexity index is 561. The van der Waals surface area contributed by atoms with Crippen LogP contribution in [0.1, 0.15) is 36.0 Å². The largest absolute Gasteiger partial charge is 0.359 e. The molecule has 0 saturated carbocycles. The fraction of sp³-hybridized carbons (Fsp3) is 0.615. The average molecular weight is 292 g/mol. The second kappa shape index (κ2) is 6.23. The molecule has 1 unspecified atom stereocenters. The molecule has 114 valence electrons. The van der Waals surface area contributed by atoms with E-state index < -0.39 is 0 Å². The highest BCUT2D eigenvalue weighted by molar-refractivity contribution is 5.07. The smallest absolute Gasteiger partial charge is 0.234 e. The number of hydrogen-bond acceptors (Lipinski definition) is 6. The summed E-state index contributed by atoms with van der Waals surface area (Å²) in [5.74, 6) is 0.526. The fourth-order valence-corrected chi connectivity index (χ4v) is 2.83. The van der Waals surface area contributed by atoms with Crippen molar-refractivity contribution in [1.82, 2.24) is 25.8 Å². The summed E-state index contributed by atoms with van der Waals surface area (Å²) in [4.78, 5) is 7.74. The van der Waals surface area contributed by atoms with E-state index in [1.54, 1.807) is 13.3 Å². The second-order valence-electron chi connectivity index (χ2n) is 5.42. The van der Waals surface area contributed by atoms with Crippen LogP contribution in [-0.4, -0.2) is 28.2 Å². The van der Waals surface area contributed by atoms with Gasteiger partial charge >= 0.3 is 0 Å². The normalized spacial score (nSPS) is 18.0. The van der Waals surface area contributed by atoms with Crippen LogP contribution in [0.5, 0.6) is 0 Å². The number of rotatable bonds is 5. The Labute approximate surface area is 122 Å². The third-order valence-electron chi connectivity index (χ3n) is 4.12. The van der Waals surface area contributed by atoms with Gasteiger partial charge in [0.05, 0.1) is 24.6 Å². The van der Waals surface area contributed by atoms with Crippen LogP contribution in [0, 0.1) is 18.0 Å². The summed E-state index contributed by atoms with van der Waals surface area (Å²) in [6.07, 6.45) is 5.76. The maximum Gasteiger partial charge on any atom is 0.234 e. The first-order valence-electron chi connectivity index (χ1n) is 7.23. The molecule has 0 aliphatic carbocycles. The quantitative estimate of drug-likeness (QED) is 0.678. The number of nitrogens with one attached hydrogen (secondary N) is 3. The van der Waals surface area contributed by atoms with Gasteiger partial charge in [0.15, 0.2) is 5.69 Å². The summed E-state index contributed by atoms with van der Waals surface area (Å²) in [5.41, 5.74) is 2.21. The Balaban J connectivity index is 1.71. The molecule has 1 fully saturated rings. The molecule has 1 saturated heterocycles. The van der Waals surface area contributed by atoms with Gasteiger partial charge in [0.2, 0.25) is 5.69 Å². The topological polar surface area (TPSA) is 106 Å². The zero-order chi connectivity index (χ0) is 14.7. The number of hydrogen-bond donors (Lipinski definition) is 3. The maximum atomic E-state index is 11.3. The van der Waals surface area contributed by atoms with E-state index in [9.17, 15) is 5.21 Å². The Morgan fingerprint density at radius 3 is 2.95 bits per heavy atom. The molecule has 0 bridgehead atoms. The summed E-state index contributed by atoms with van der Waals surface area (Å²) in [6, 6.07) is 0.172. The van der Waals surface area contributed by atoms with Crippen LogP contribution in [0.25, 0.3) is 0 Å². The van der Waals surface area contributed by atoms with Gasteiger partial charge < -0.3 is 20.8 Å². The van der Waals surface area contributed by atoms with Gasteiger partial charge in [-0.25, -0.2) is 4.98 Å². The summed E-state index contributed by atoms with van der Waals surface area (Å²) in [7, 11) is 0. The highest BCUT2D eigenvalue weighted by atomic mass is 16.8. The van der Waals surface area contributed by atoms with Crippen LogP contribution in [0.15, 0.2) is 17.2 Å². The molecule has 3 heterocycles. The monoisotopic (exact) mass is 292 g/mol. The predicted octanol–water partition coefficient (Wildman–Crippen LogP) is 0.170. The van der Waals surface area contributed by atoms with E-state index in [2.05, 4.69) is 30.4 Å². The molecule has 1 atom stereocenters. The van der Waals surface area contributed by atoms with Crippen molar-refractivity contribution in [2.45, 2.75) is 32.4 Å². The minimum atomic E-state index is 0.172. The lowest BCUT2D eigenvalue weighted by atomic mass is 9.88. The van der Waals surface area contributed by atoms with Crippen molar-refractivity contribution in [2.75, 3.05) is 13.1 Å². The lowest BCUT2D eigenvalue weighted by molar-refractivity contribution is -0.806. The van der Waals surface area contributed by atoms with E-state index in [1.807, 2.05) is 6.20 Å². The molecule has 8 heteroatoms. The minimum absolute atomic E-state index is 0.172. The molecule has 2 aromatic heterocycles. The number of imidazole rings is 1. The zero-order valence-corrected chi connectivity index (χ0v) is 12.0. The molecule has 0 aromatic carbocycles. The highest BCUT2D eigenvalue weighted by Gasteiger charge is 2.27. The molecule has 0 amide bonds. The number of aromatic nitrogens is 4. The van der Waals surface area contributed by atoms with Crippen molar-refractivity contribution in [1.29, 1.82) is 0 Å². The van der Waals surface area contributed by atoms with Gasteiger partial charge in [0, 0.05) is 18.3 Å². The molecule has 1 aliphatic heterocycles. The molecule has 0 radical (unpaired) electrons. The van der Waals surface area contributed by atoms with Crippen molar-refractivity contribution in [2.24, 2.45) is 5.92 Å². The Kier molecular flexibility index (Phi) is 4.16. The molecule has 1 aliphatic rings. The van der Waals surface area contributed by atoms with Gasteiger partial charge in [-0.3, -0.25) is 4.63 Å². The summed E-state index contributed by atoms with van der Waals surface area (Å²) in [5, 5.41) is 21.9. The number of nitrogens with zero attached hydrogens (tertiary/aromatic N) is 3. The van der Waals surface area contributed by atoms with Crippen LogP contribution in [0.3, 0.4) is 0 Å². The van der Waals surface area contributed by atoms with Gasteiger partial charge in [0.25, 0.3) is 0 Å². The van der Waals surface area contributed by atoms with Gasteiger partial charge in [-0.1, -0.05) is 0 Å². The van der Waals surface area contributed by atoms with Crippen LogP contribution in [0.4, 0.5) is 0 Å². The summed E-state index contributed by atoms with van der Waals surface area (Å²) >= 11 is 0. The first-order chi connectivity index (χ1) is 10.3. The zero-order valence-electron chi connectivity index (χ0n) is 12.0. The van der Waals surface area contributed by atoms with E-state index in [0.717, 1.165) is 31.6 Å².